The molecule has 124 valence electrons. The van der Waals surface area contributed by atoms with Crippen LogP contribution in [0.25, 0.3) is 0 Å². The number of carbonyl (C=O) groups excluding carboxylic acids is 2. The standard InChI is InChI=1S/C15H28O6/c16-10-4-2-8-14(18)20-12-6-1-7-13-21-15(19)9-3-5-11-17/h16-17H,1-13H2. The molecular formula is C15H28O6. The highest BCUT2D eigenvalue weighted by atomic mass is 16.5. The smallest absolute Gasteiger partial charge is 0.305 e. The third-order valence-corrected chi connectivity index (χ3v) is 2.89. The Morgan fingerprint density at radius 2 is 1.05 bits per heavy atom. The highest BCUT2D eigenvalue weighted by Gasteiger charge is 2.03. The minimum absolute atomic E-state index is 0.103. The Labute approximate surface area is 126 Å². The van der Waals surface area contributed by atoms with Gasteiger partial charge in [0.05, 0.1) is 13.2 Å². The summed E-state index contributed by atoms with van der Waals surface area (Å²) in [4.78, 5) is 22.5. The van der Waals surface area contributed by atoms with Crippen molar-refractivity contribution in [2.45, 2.75) is 57.8 Å². The van der Waals surface area contributed by atoms with Crippen LogP contribution in [0.3, 0.4) is 0 Å². The van der Waals surface area contributed by atoms with Crippen LogP contribution in [-0.4, -0.2) is 48.6 Å². The molecule has 0 aromatic heterocycles. The van der Waals surface area contributed by atoms with E-state index >= 15 is 0 Å². The predicted octanol–water partition coefficient (Wildman–Crippen LogP) is 1.57. The third kappa shape index (κ3) is 15.1. The van der Waals surface area contributed by atoms with E-state index < -0.39 is 0 Å². The van der Waals surface area contributed by atoms with Crippen LogP contribution in [0.15, 0.2) is 0 Å². The van der Waals surface area contributed by atoms with Crippen molar-refractivity contribution in [2.75, 3.05) is 26.4 Å². The number of hydrogen-bond donors (Lipinski definition) is 2. The maximum Gasteiger partial charge on any atom is 0.305 e. The van der Waals surface area contributed by atoms with Crippen molar-refractivity contribution in [3.63, 3.8) is 0 Å². The minimum Gasteiger partial charge on any atom is -0.466 e. The second-order valence-electron chi connectivity index (χ2n) is 4.86. The van der Waals surface area contributed by atoms with Crippen molar-refractivity contribution in [1.29, 1.82) is 0 Å². The monoisotopic (exact) mass is 304 g/mol. The molecule has 0 aliphatic carbocycles. The number of rotatable bonds is 14. The van der Waals surface area contributed by atoms with E-state index in [0.717, 1.165) is 19.3 Å². The summed E-state index contributed by atoms with van der Waals surface area (Å²) < 4.78 is 10.1. The molecule has 6 nitrogen and oxygen atoms in total. The van der Waals surface area contributed by atoms with E-state index in [0.29, 0.717) is 51.7 Å². The number of aliphatic hydroxyl groups is 2. The van der Waals surface area contributed by atoms with Gasteiger partial charge in [-0.25, -0.2) is 0 Å². The minimum atomic E-state index is -0.223. The van der Waals surface area contributed by atoms with Crippen LogP contribution in [0, 0.1) is 0 Å². The first-order chi connectivity index (χ1) is 10.2. The maximum absolute atomic E-state index is 11.2. The van der Waals surface area contributed by atoms with Crippen LogP contribution in [0.4, 0.5) is 0 Å². The predicted molar refractivity (Wildman–Crippen MR) is 77.6 cm³/mol. The van der Waals surface area contributed by atoms with E-state index in [1.54, 1.807) is 0 Å². The van der Waals surface area contributed by atoms with Crippen molar-refractivity contribution < 1.29 is 29.3 Å². The van der Waals surface area contributed by atoms with E-state index in [1.165, 1.54) is 0 Å². The molecule has 0 fully saturated rings. The number of unbranched alkanes of at least 4 members (excludes halogenated alkanes) is 4. The van der Waals surface area contributed by atoms with Gasteiger partial charge in [-0.1, -0.05) is 0 Å². The Bertz CT molecular complexity index is 241. The number of hydrogen-bond acceptors (Lipinski definition) is 6. The number of carbonyl (C=O) groups is 2. The molecular weight excluding hydrogens is 276 g/mol. The lowest BCUT2D eigenvalue weighted by Crippen LogP contribution is -2.08. The summed E-state index contributed by atoms with van der Waals surface area (Å²) >= 11 is 0. The van der Waals surface area contributed by atoms with Crippen LogP contribution < -0.4 is 0 Å². The first-order valence-corrected chi connectivity index (χ1v) is 7.73. The number of esters is 2. The largest absolute Gasteiger partial charge is 0.466 e. The second-order valence-corrected chi connectivity index (χ2v) is 4.86. The molecule has 0 unspecified atom stereocenters. The molecule has 0 amide bonds. The van der Waals surface area contributed by atoms with Gasteiger partial charge in [-0.3, -0.25) is 9.59 Å². The van der Waals surface area contributed by atoms with Gasteiger partial charge in [0.25, 0.3) is 0 Å². The van der Waals surface area contributed by atoms with Crippen LogP contribution >= 0.6 is 0 Å². The fraction of sp³-hybridized carbons (Fsp3) is 0.867. The average Bonchev–Trinajstić information content (AvgIpc) is 2.47. The van der Waals surface area contributed by atoms with Crippen molar-refractivity contribution >= 4 is 11.9 Å². The highest BCUT2D eigenvalue weighted by molar-refractivity contribution is 5.69. The normalized spacial score (nSPS) is 10.4. The first kappa shape index (κ1) is 19.9. The topological polar surface area (TPSA) is 93.1 Å². The fourth-order valence-corrected chi connectivity index (χ4v) is 1.66. The Balaban J connectivity index is 3.24. The lowest BCUT2D eigenvalue weighted by atomic mass is 10.2. The average molecular weight is 304 g/mol. The second kappa shape index (κ2) is 15.3. The molecule has 0 aliphatic heterocycles. The van der Waals surface area contributed by atoms with E-state index in [4.69, 9.17) is 19.7 Å². The zero-order valence-corrected chi connectivity index (χ0v) is 12.7. The van der Waals surface area contributed by atoms with Gasteiger partial charge < -0.3 is 19.7 Å². The van der Waals surface area contributed by atoms with Crippen LogP contribution in [0.5, 0.6) is 0 Å². The number of aliphatic hydroxyl groups excluding tert-OH is 2. The summed E-state index contributed by atoms with van der Waals surface area (Å²) in [7, 11) is 0. The molecule has 0 bridgehead atoms. The molecule has 0 aliphatic rings. The van der Waals surface area contributed by atoms with Crippen LogP contribution in [-0.2, 0) is 19.1 Å². The molecule has 2 N–H and O–H groups in total. The molecule has 21 heavy (non-hydrogen) atoms. The Hall–Kier alpha value is -1.14. The van der Waals surface area contributed by atoms with E-state index in [1.807, 2.05) is 0 Å². The van der Waals surface area contributed by atoms with Gasteiger partial charge in [0.15, 0.2) is 0 Å². The number of ether oxygens (including phenoxy) is 2. The van der Waals surface area contributed by atoms with Gasteiger partial charge in [-0.15, -0.1) is 0 Å². The third-order valence-electron chi connectivity index (χ3n) is 2.89. The molecule has 0 saturated heterocycles. The first-order valence-electron chi connectivity index (χ1n) is 7.73. The molecule has 0 aromatic carbocycles. The summed E-state index contributed by atoms with van der Waals surface area (Å²) in [6.45, 7) is 0.989. The van der Waals surface area contributed by atoms with Crippen molar-refractivity contribution in [3.8, 4) is 0 Å². The quantitative estimate of drug-likeness (QED) is 0.374. The van der Waals surface area contributed by atoms with Gasteiger partial charge in [0.1, 0.15) is 0 Å². The summed E-state index contributed by atoms with van der Waals surface area (Å²) in [6.07, 6.45) is 5.62. The molecule has 0 spiro atoms. The maximum atomic E-state index is 11.2. The van der Waals surface area contributed by atoms with Crippen molar-refractivity contribution in [2.24, 2.45) is 0 Å². The van der Waals surface area contributed by atoms with E-state index in [9.17, 15) is 9.59 Å². The van der Waals surface area contributed by atoms with Gasteiger partial charge in [0.2, 0.25) is 0 Å². The van der Waals surface area contributed by atoms with Crippen molar-refractivity contribution in [1.82, 2.24) is 0 Å². The van der Waals surface area contributed by atoms with Gasteiger partial charge in [0, 0.05) is 26.1 Å². The van der Waals surface area contributed by atoms with Crippen molar-refractivity contribution in [3.05, 3.63) is 0 Å². The highest BCUT2D eigenvalue weighted by Crippen LogP contribution is 2.02. The van der Waals surface area contributed by atoms with Gasteiger partial charge in [-0.2, -0.15) is 0 Å². The molecule has 0 saturated carbocycles. The summed E-state index contributed by atoms with van der Waals surface area (Å²) in [6, 6.07) is 0. The van der Waals surface area contributed by atoms with Crippen LogP contribution in [0.1, 0.15) is 57.8 Å². The summed E-state index contributed by atoms with van der Waals surface area (Å²) in [5.74, 6) is -0.447. The Morgan fingerprint density at radius 3 is 1.43 bits per heavy atom. The van der Waals surface area contributed by atoms with Gasteiger partial charge in [-0.05, 0) is 44.9 Å². The SMILES string of the molecule is O=C(CCCCO)OCCCCCOC(=O)CCCCO. The van der Waals surface area contributed by atoms with E-state index in [2.05, 4.69) is 0 Å². The lowest BCUT2D eigenvalue weighted by Gasteiger charge is -2.06. The molecule has 0 heterocycles. The lowest BCUT2D eigenvalue weighted by molar-refractivity contribution is -0.144. The fourth-order valence-electron chi connectivity index (χ4n) is 1.66. The van der Waals surface area contributed by atoms with Crippen LogP contribution in [0.2, 0.25) is 0 Å². The Morgan fingerprint density at radius 1 is 0.619 bits per heavy atom. The zero-order valence-electron chi connectivity index (χ0n) is 12.7. The van der Waals surface area contributed by atoms with Gasteiger partial charge >= 0.3 is 11.9 Å². The Kier molecular flexibility index (Phi) is 14.4. The van der Waals surface area contributed by atoms with E-state index in [-0.39, 0.29) is 25.2 Å². The molecule has 0 radical (unpaired) electrons. The molecule has 6 heteroatoms. The molecule has 0 rings (SSSR count). The molecule has 0 atom stereocenters. The summed E-state index contributed by atoms with van der Waals surface area (Å²) in [5, 5.41) is 17.2. The zero-order chi connectivity index (χ0) is 15.8. The molecule has 0 aromatic rings. The summed E-state index contributed by atoms with van der Waals surface area (Å²) in [5.41, 5.74) is 0.